The molecule has 2 N–H and O–H groups in total. The Morgan fingerprint density at radius 1 is 1.28 bits per heavy atom. The molecule has 0 aliphatic carbocycles. The number of amides is 2. The first-order valence-electron chi connectivity index (χ1n) is 5.67. The van der Waals surface area contributed by atoms with Gasteiger partial charge in [-0.3, -0.25) is 0 Å². The van der Waals surface area contributed by atoms with Gasteiger partial charge in [-0.15, -0.1) is 0 Å². The topological polar surface area (TPSA) is 41.1 Å². The molecule has 1 rings (SSSR count). The summed E-state index contributed by atoms with van der Waals surface area (Å²) in [6.45, 7) is 5.95. The van der Waals surface area contributed by atoms with Crippen LogP contribution in [0.4, 0.5) is 9.18 Å². The smallest absolute Gasteiger partial charge is 0.315 e. The highest BCUT2D eigenvalue weighted by Gasteiger charge is 2.12. The molecule has 0 saturated heterocycles. The molecule has 0 spiro atoms. The number of nitrogens with one attached hydrogen (secondary N) is 2. The molecule has 0 bridgehead atoms. The lowest BCUT2D eigenvalue weighted by molar-refractivity contribution is 0.233. The van der Waals surface area contributed by atoms with Crippen molar-refractivity contribution in [1.29, 1.82) is 0 Å². The molecule has 1 aromatic rings. The summed E-state index contributed by atoms with van der Waals surface area (Å²) in [5.41, 5.74) is 0.448. The van der Waals surface area contributed by atoms with Crippen LogP contribution < -0.4 is 10.6 Å². The number of halogens is 1. The van der Waals surface area contributed by atoms with Crippen LogP contribution in [0.25, 0.3) is 0 Å². The number of urea groups is 1. The summed E-state index contributed by atoms with van der Waals surface area (Å²) >= 11 is 0. The van der Waals surface area contributed by atoms with Crippen LogP contribution in [0, 0.1) is 17.7 Å². The highest BCUT2D eigenvalue weighted by molar-refractivity contribution is 5.74. The number of hydrogen-bond acceptors (Lipinski definition) is 1. The van der Waals surface area contributed by atoms with Crippen molar-refractivity contribution in [2.75, 3.05) is 6.54 Å². The van der Waals surface area contributed by atoms with E-state index in [2.05, 4.69) is 22.5 Å². The van der Waals surface area contributed by atoms with Crippen molar-refractivity contribution in [3.8, 4) is 11.8 Å². The van der Waals surface area contributed by atoms with Crippen LogP contribution in [0.5, 0.6) is 0 Å². The second-order valence-electron chi connectivity index (χ2n) is 4.87. The van der Waals surface area contributed by atoms with Crippen LogP contribution in [0.3, 0.4) is 0 Å². The highest BCUT2D eigenvalue weighted by atomic mass is 19.1. The lowest BCUT2D eigenvalue weighted by atomic mass is 10.1. The number of carbonyl (C=O) groups excluding carboxylic acids is 1. The summed E-state index contributed by atoms with van der Waals surface area (Å²) in [6, 6.07) is 5.64. The first-order chi connectivity index (χ1) is 8.37. The number of hydrogen-bond donors (Lipinski definition) is 2. The maximum absolute atomic E-state index is 12.6. The maximum Gasteiger partial charge on any atom is 0.315 e. The van der Waals surface area contributed by atoms with Gasteiger partial charge in [-0.25, -0.2) is 9.18 Å². The number of carbonyl (C=O) groups is 1. The van der Waals surface area contributed by atoms with Gasteiger partial charge < -0.3 is 10.6 Å². The van der Waals surface area contributed by atoms with E-state index in [1.165, 1.54) is 12.1 Å². The predicted molar refractivity (Wildman–Crippen MR) is 69.6 cm³/mol. The van der Waals surface area contributed by atoms with Crippen molar-refractivity contribution in [2.45, 2.75) is 26.3 Å². The van der Waals surface area contributed by atoms with Crippen LogP contribution in [-0.2, 0) is 0 Å². The molecule has 2 amide bonds. The van der Waals surface area contributed by atoms with Gasteiger partial charge in [0.1, 0.15) is 5.82 Å². The van der Waals surface area contributed by atoms with Gasteiger partial charge >= 0.3 is 6.03 Å². The molecular weight excluding hydrogens is 231 g/mol. The molecule has 0 aromatic heterocycles. The zero-order valence-corrected chi connectivity index (χ0v) is 10.8. The van der Waals surface area contributed by atoms with Gasteiger partial charge in [-0.2, -0.15) is 0 Å². The third kappa shape index (κ3) is 5.90. The lowest BCUT2D eigenvalue weighted by Gasteiger charge is -2.20. The molecule has 0 heterocycles. The predicted octanol–water partition coefficient (Wildman–Crippen LogP) is 2.27. The molecule has 4 heteroatoms. The third-order valence-corrected chi connectivity index (χ3v) is 1.90. The molecule has 3 nitrogen and oxygen atoms in total. The minimum Gasteiger partial charge on any atom is -0.334 e. The van der Waals surface area contributed by atoms with Crippen molar-refractivity contribution >= 4 is 6.03 Å². The first kappa shape index (κ1) is 14.0. The van der Waals surface area contributed by atoms with E-state index in [0.717, 1.165) is 5.56 Å². The van der Waals surface area contributed by atoms with Gasteiger partial charge in [0, 0.05) is 11.1 Å². The van der Waals surface area contributed by atoms with Crippen LogP contribution in [0.2, 0.25) is 0 Å². The Hall–Kier alpha value is -2.02. The van der Waals surface area contributed by atoms with Gasteiger partial charge in [-0.1, -0.05) is 11.8 Å². The van der Waals surface area contributed by atoms with Crippen molar-refractivity contribution in [1.82, 2.24) is 10.6 Å². The van der Waals surface area contributed by atoms with E-state index in [9.17, 15) is 9.18 Å². The maximum atomic E-state index is 12.6. The monoisotopic (exact) mass is 248 g/mol. The molecule has 1 aromatic carbocycles. The molecule has 0 radical (unpaired) electrons. The Labute approximate surface area is 107 Å². The van der Waals surface area contributed by atoms with E-state index in [1.54, 1.807) is 12.1 Å². The van der Waals surface area contributed by atoms with E-state index in [4.69, 9.17) is 0 Å². The van der Waals surface area contributed by atoms with E-state index in [1.807, 2.05) is 20.8 Å². The van der Waals surface area contributed by atoms with E-state index >= 15 is 0 Å². The number of rotatable bonds is 1. The van der Waals surface area contributed by atoms with Crippen LogP contribution in [0.1, 0.15) is 26.3 Å². The van der Waals surface area contributed by atoms with Crippen LogP contribution in [0.15, 0.2) is 24.3 Å². The fraction of sp³-hybridized carbons (Fsp3) is 0.357. The molecular formula is C14H17FN2O. The molecule has 0 aliphatic heterocycles. The normalized spacial score (nSPS) is 10.2. The Balaban J connectivity index is 2.38. The van der Waals surface area contributed by atoms with E-state index < -0.39 is 0 Å². The van der Waals surface area contributed by atoms with Crippen molar-refractivity contribution in [3.05, 3.63) is 35.6 Å². The quantitative estimate of drug-likeness (QED) is 0.735. The molecule has 0 atom stereocenters. The third-order valence-electron chi connectivity index (χ3n) is 1.90. The number of benzene rings is 1. The fourth-order valence-electron chi connectivity index (χ4n) is 1.19. The summed E-state index contributed by atoms with van der Waals surface area (Å²) in [5.74, 6) is 5.34. The zero-order valence-electron chi connectivity index (χ0n) is 10.8. The average Bonchev–Trinajstić information content (AvgIpc) is 2.24. The summed E-state index contributed by atoms with van der Waals surface area (Å²) in [6.07, 6.45) is 0. The van der Waals surface area contributed by atoms with E-state index in [0.29, 0.717) is 0 Å². The van der Waals surface area contributed by atoms with Crippen molar-refractivity contribution < 1.29 is 9.18 Å². The Morgan fingerprint density at radius 2 is 1.89 bits per heavy atom. The van der Waals surface area contributed by atoms with E-state index in [-0.39, 0.29) is 23.9 Å². The Kier molecular flexibility index (Phi) is 4.73. The van der Waals surface area contributed by atoms with Crippen molar-refractivity contribution in [3.63, 3.8) is 0 Å². The van der Waals surface area contributed by atoms with Gasteiger partial charge in [-0.05, 0) is 45.0 Å². The Bertz CT molecular complexity index is 463. The van der Waals surface area contributed by atoms with Gasteiger partial charge in [0.15, 0.2) is 0 Å². The zero-order chi connectivity index (χ0) is 13.6. The SMILES string of the molecule is CC(C)(C)NC(=O)NCC#Cc1ccc(F)cc1. The molecule has 0 saturated carbocycles. The van der Waals surface area contributed by atoms with Gasteiger partial charge in [0.2, 0.25) is 0 Å². The summed E-state index contributed by atoms with van der Waals surface area (Å²) in [4.78, 5) is 11.4. The molecule has 0 fully saturated rings. The first-order valence-corrected chi connectivity index (χ1v) is 5.67. The highest BCUT2D eigenvalue weighted by Crippen LogP contribution is 2.00. The molecule has 0 aliphatic rings. The lowest BCUT2D eigenvalue weighted by Crippen LogP contribution is -2.46. The standard InChI is InChI=1S/C14H17FN2O/c1-14(2,3)17-13(18)16-10-4-5-11-6-8-12(15)9-7-11/h6-9H,10H2,1-3H3,(H2,16,17,18). The fourth-order valence-corrected chi connectivity index (χ4v) is 1.19. The average molecular weight is 248 g/mol. The second-order valence-corrected chi connectivity index (χ2v) is 4.87. The molecule has 0 unspecified atom stereocenters. The van der Waals surface area contributed by atoms with Crippen LogP contribution >= 0.6 is 0 Å². The van der Waals surface area contributed by atoms with Crippen LogP contribution in [-0.4, -0.2) is 18.1 Å². The van der Waals surface area contributed by atoms with Gasteiger partial charge in [0.25, 0.3) is 0 Å². The van der Waals surface area contributed by atoms with Gasteiger partial charge in [0.05, 0.1) is 6.54 Å². The summed E-state index contributed by atoms with van der Waals surface area (Å²) < 4.78 is 12.6. The summed E-state index contributed by atoms with van der Waals surface area (Å²) in [5, 5.41) is 5.38. The van der Waals surface area contributed by atoms with Crippen molar-refractivity contribution in [2.24, 2.45) is 0 Å². The molecule has 18 heavy (non-hydrogen) atoms. The summed E-state index contributed by atoms with van der Waals surface area (Å²) in [7, 11) is 0. The molecule has 96 valence electrons. The Morgan fingerprint density at radius 3 is 2.44 bits per heavy atom. The largest absolute Gasteiger partial charge is 0.334 e. The second kappa shape index (κ2) is 6.06. The minimum atomic E-state index is -0.289. The minimum absolute atomic E-state index is 0.249.